The van der Waals surface area contributed by atoms with Gasteiger partial charge in [-0.25, -0.2) is 5.84 Å². The topological polar surface area (TPSA) is 75.4 Å². The minimum absolute atomic E-state index is 0.00748. The van der Waals surface area contributed by atoms with Crippen LogP contribution in [0.15, 0.2) is 23.1 Å². The lowest BCUT2D eigenvalue weighted by Crippen LogP contribution is -2.34. The SMILES string of the molecule is CC1Sc2ccc(CC(=O)N(C)N)cc2NC1=O. The predicted octanol–water partition coefficient (Wildman–Crippen LogP) is 0.994. The Kier molecular flexibility index (Phi) is 3.58. The quantitative estimate of drug-likeness (QED) is 0.475. The summed E-state index contributed by atoms with van der Waals surface area (Å²) in [6.45, 7) is 1.86. The highest BCUT2D eigenvalue weighted by Crippen LogP contribution is 2.35. The molecule has 96 valence electrons. The number of anilines is 1. The molecule has 1 aliphatic heterocycles. The molecular weight excluding hydrogens is 250 g/mol. The van der Waals surface area contributed by atoms with Crippen LogP contribution >= 0.6 is 11.8 Å². The summed E-state index contributed by atoms with van der Waals surface area (Å²) in [4.78, 5) is 24.1. The number of hydrogen-bond acceptors (Lipinski definition) is 4. The van der Waals surface area contributed by atoms with Gasteiger partial charge in [0.15, 0.2) is 0 Å². The van der Waals surface area contributed by atoms with Crippen molar-refractivity contribution in [1.29, 1.82) is 0 Å². The van der Waals surface area contributed by atoms with Gasteiger partial charge in [-0.1, -0.05) is 6.07 Å². The average molecular weight is 265 g/mol. The lowest BCUT2D eigenvalue weighted by atomic mass is 10.1. The van der Waals surface area contributed by atoms with Gasteiger partial charge in [0, 0.05) is 11.9 Å². The van der Waals surface area contributed by atoms with Crippen LogP contribution in [0.3, 0.4) is 0 Å². The molecule has 0 saturated carbocycles. The molecule has 0 bridgehead atoms. The Morgan fingerprint density at radius 3 is 2.94 bits per heavy atom. The Morgan fingerprint density at radius 2 is 2.28 bits per heavy atom. The van der Waals surface area contributed by atoms with Crippen LogP contribution in [0, 0.1) is 0 Å². The maximum absolute atomic E-state index is 11.6. The molecule has 0 fully saturated rings. The van der Waals surface area contributed by atoms with Crippen molar-refractivity contribution in [1.82, 2.24) is 5.01 Å². The van der Waals surface area contributed by atoms with Gasteiger partial charge in [-0.3, -0.25) is 14.6 Å². The first-order valence-corrected chi connectivity index (χ1v) is 6.47. The number of fused-ring (bicyclic) bond motifs is 1. The lowest BCUT2D eigenvalue weighted by molar-refractivity contribution is -0.129. The summed E-state index contributed by atoms with van der Waals surface area (Å²) in [7, 11) is 1.51. The van der Waals surface area contributed by atoms with E-state index in [0.29, 0.717) is 0 Å². The van der Waals surface area contributed by atoms with Crippen molar-refractivity contribution < 1.29 is 9.59 Å². The molecule has 0 radical (unpaired) electrons. The third kappa shape index (κ3) is 2.65. The van der Waals surface area contributed by atoms with Crippen LogP contribution in [0.25, 0.3) is 0 Å². The highest BCUT2D eigenvalue weighted by molar-refractivity contribution is 8.00. The number of nitrogens with zero attached hydrogens (tertiary/aromatic N) is 1. The zero-order valence-electron chi connectivity index (χ0n) is 10.3. The number of amides is 2. The molecule has 6 heteroatoms. The van der Waals surface area contributed by atoms with Gasteiger partial charge in [-0.15, -0.1) is 11.8 Å². The van der Waals surface area contributed by atoms with E-state index < -0.39 is 0 Å². The fourth-order valence-corrected chi connectivity index (χ4v) is 2.60. The van der Waals surface area contributed by atoms with Crippen molar-refractivity contribution in [2.24, 2.45) is 5.84 Å². The van der Waals surface area contributed by atoms with Gasteiger partial charge in [-0.2, -0.15) is 0 Å². The highest BCUT2D eigenvalue weighted by atomic mass is 32.2. The molecule has 3 N–H and O–H groups in total. The van der Waals surface area contributed by atoms with Crippen LogP contribution in [0.1, 0.15) is 12.5 Å². The standard InChI is InChI=1S/C12H15N3O2S/c1-7-12(17)14-9-5-8(3-4-10(9)18-7)6-11(16)15(2)13/h3-5,7H,6,13H2,1-2H3,(H,14,17). The molecule has 0 spiro atoms. The molecule has 0 aromatic heterocycles. The van der Waals surface area contributed by atoms with Crippen molar-refractivity contribution in [2.45, 2.75) is 23.5 Å². The van der Waals surface area contributed by atoms with E-state index in [2.05, 4.69) is 5.32 Å². The number of likely N-dealkylation sites (N-methyl/N-ethyl adjacent to an activating group) is 1. The van der Waals surface area contributed by atoms with Gasteiger partial charge in [0.1, 0.15) is 0 Å². The number of rotatable bonds is 2. The molecule has 1 atom stereocenters. The molecule has 0 aliphatic carbocycles. The third-order valence-electron chi connectivity index (χ3n) is 2.72. The number of carbonyl (C=O) groups excluding carboxylic acids is 2. The van der Waals surface area contributed by atoms with Crippen LogP contribution < -0.4 is 11.2 Å². The van der Waals surface area contributed by atoms with Crippen LogP contribution in [-0.4, -0.2) is 29.1 Å². The average Bonchev–Trinajstić information content (AvgIpc) is 2.31. The lowest BCUT2D eigenvalue weighted by Gasteiger charge is -2.22. The summed E-state index contributed by atoms with van der Waals surface area (Å²) in [5.74, 6) is 5.20. The molecule has 18 heavy (non-hydrogen) atoms. The monoisotopic (exact) mass is 265 g/mol. The molecule has 2 rings (SSSR count). The number of hydrogen-bond donors (Lipinski definition) is 2. The molecule has 1 heterocycles. The summed E-state index contributed by atoms with van der Waals surface area (Å²) in [6, 6.07) is 5.64. The molecule has 1 aromatic carbocycles. The molecule has 1 aromatic rings. The van der Waals surface area contributed by atoms with Gasteiger partial charge in [-0.05, 0) is 24.6 Å². The van der Waals surface area contributed by atoms with Crippen molar-refractivity contribution in [2.75, 3.05) is 12.4 Å². The summed E-state index contributed by atoms with van der Waals surface area (Å²) < 4.78 is 0. The zero-order chi connectivity index (χ0) is 13.3. The zero-order valence-corrected chi connectivity index (χ0v) is 11.1. The first-order valence-electron chi connectivity index (χ1n) is 5.59. The van der Waals surface area contributed by atoms with E-state index in [4.69, 9.17) is 5.84 Å². The number of nitrogens with two attached hydrogens (primary N) is 1. The fraction of sp³-hybridized carbons (Fsp3) is 0.333. The summed E-state index contributed by atoms with van der Waals surface area (Å²) in [5, 5.41) is 3.82. The Bertz CT molecular complexity index is 502. The van der Waals surface area contributed by atoms with Crippen LogP contribution in [0.4, 0.5) is 5.69 Å². The Hall–Kier alpha value is -1.53. The van der Waals surface area contributed by atoms with Crippen molar-refractivity contribution in [3.63, 3.8) is 0 Å². The van der Waals surface area contributed by atoms with E-state index in [0.717, 1.165) is 21.2 Å². The molecule has 1 unspecified atom stereocenters. The molecule has 5 nitrogen and oxygen atoms in total. The number of thioether (sulfide) groups is 1. The minimum Gasteiger partial charge on any atom is -0.324 e. The van der Waals surface area contributed by atoms with Crippen LogP contribution in [0.2, 0.25) is 0 Å². The first kappa shape index (κ1) is 12.9. The van der Waals surface area contributed by atoms with Gasteiger partial charge in [0.05, 0.1) is 17.4 Å². The summed E-state index contributed by atoms with van der Waals surface area (Å²) >= 11 is 1.52. The Labute approximate surface area is 110 Å². The highest BCUT2D eigenvalue weighted by Gasteiger charge is 2.23. The van der Waals surface area contributed by atoms with Crippen molar-refractivity contribution in [3.05, 3.63) is 23.8 Å². The summed E-state index contributed by atoms with van der Waals surface area (Å²) in [5.41, 5.74) is 1.61. The van der Waals surface area contributed by atoms with E-state index in [1.807, 2.05) is 25.1 Å². The first-order chi connectivity index (χ1) is 8.47. The predicted molar refractivity (Wildman–Crippen MR) is 71.1 cm³/mol. The van der Waals surface area contributed by atoms with Gasteiger partial charge >= 0.3 is 0 Å². The number of hydrazine groups is 1. The van der Waals surface area contributed by atoms with Gasteiger partial charge in [0.25, 0.3) is 0 Å². The van der Waals surface area contributed by atoms with E-state index >= 15 is 0 Å². The minimum atomic E-state index is -0.168. The largest absolute Gasteiger partial charge is 0.324 e. The normalized spacial score (nSPS) is 17.9. The second-order valence-corrected chi connectivity index (χ2v) is 5.64. The maximum atomic E-state index is 11.6. The number of benzene rings is 1. The summed E-state index contributed by atoms with van der Waals surface area (Å²) in [6.07, 6.45) is 0.233. The molecule has 2 amide bonds. The van der Waals surface area contributed by atoms with Crippen molar-refractivity contribution in [3.8, 4) is 0 Å². The van der Waals surface area contributed by atoms with E-state index in [9.17, 15) is 9.59 Å². The molecular formula is C12H15N3O2S. The van der Waals surface area contributed by atoms with E-state index in [-0.39, 0.29) is 23.5 Å². The van der Waals surface area contributed by atoms with E-state index in [1.165, 1.54) is 18.8 Å². The number of nitrogens with one attached hydrogen (secondary N) is 1. The Morgan fingerprint density at radius 1 is 1.56 bits per heavy atom. The van der Waals surface area contributed by atoms with Crippen LogP contribution in [0.5, 0.6) is 0 Å². The second-order valence-electron chi connectivity index (χ2n) is 4.26. The Balaban J connectivity index is 2.20. The fourth-order valence-electron chi connectivity index (χ4n) is 1.67. The van der Waals surface area contributed by atoms with Crippen LogP contribution in [-0.2, 0) is 16.0 Å². The maximum Gasteiger partial charge on any atom is 0.240 e. The number of carbonyl (C=O) groups is 2. The van der Waals surface area contributed by atoms with Gasteiger partial charge < -0.3 is 5.32 Å². The van der Waals surface area contributed by atoms with Crippen molar-refractivity contribution >= 4 is 29.3 Å². The van der Waals surface area contributed by atoms with E-state index in [1.54, 1.807) is 0 Å². The molecule has 0 saturated heterocycles. The second kappa shape index (κ2) is 4.99. The van der Waals surface area contributed by atoms with Gasteiger partial charge in [0.2, 0.25) is 11.8 Å². The molecule has 1 aliphatic rings. The smallest absolute Gasteiger partial charge is 0.240 e. The third-order valence-corrected chi connectivity index (χ3v) is 3.90.